The first kappa shape index (κ1) is 13.4. The normalized spacial score (nSPS) is 10.3. The van der Waals surface area contributed by atoms with Crippen LogP contribution in [0.1, 0.15) is 13.8 Å². The molecule has 1 aromatic carbocycles. The van der Waals surface area contributed by atoms with Gasteiger partial charge in [0.15, 0.2) is 9.84 Å². The van der Waals surface area contributed by atoms with E-state index in [2.05, 4.69) is 15.9 Å². The van der Waals surface area contributed by atoms with Crippen LogP contribution in [0.5, 0.6) is 0 Å². The Labute approximate surface area is 93.4 Å². The molecular formula is C9H14BrNO2S. The summed E-state index contributed by atoms with van der Waals surface area (Å²) in [5, 5.41) is 0. The van der Waals surface area contributed by atoms with Crippen LogP contribution in [0.2, 0.25) is 0 Å². The summed E-state index contributed by atoms with van der Waals surface area (Å²) in [5.74, 6) is 0. The predicted octanol–water partition coefficient (Wildman–Crippen LogP) is 2.46. The average Bonchev–Trinajstić information content (AvgIpc) is 2.11. The van der Waals surface area contributed by atoms with Crippen LogP contribution in [-0.2, 0) is 9.84 Å². The molecule has 2 N–H and O–H groups in total. The molecule has 0 saturated carbocycles. The van der Waals surface area contributed by atoms with Gasteiger partial charge in [0, 0.05) is 16.4 Å². The lowest BCUT2D eigenvalue weighted by Crippen LogP contribution is -1.97. The first-order chi connectivity index (χ1) is 6.41. The van der Waals surface area contributed by atoms with Gasteiger partial charge in [0.25, 0.3) is 0 Å². The van der Waals surface area contributed by atoms with Crippen molar-refractivity contribution in [3.05, 3.63) is 22.7 Å². The van der Waals surface area contributed by atoms with Crippen molar-refractivity contribution in [3.63, 3.8) is 0 Å². The lowest BCUT2D eigenvalue weighted by atomic mass is 10.3. The van der Waals surface area contributed by atoms with Gasteiger partial charge in [-0.25, -0.2) is 8.42 Å². The van der Waals surface area contributed by atoms with Crippen LogP contribution in [-0.4, -0.2) is 14.7 Å². The first-order valence-electron chi connectivity index (χ1n) is 4.16. The molecule has 0 aliphatic carbocycles. The molecule has 5 heteroatoms. The van der Waals surface area contributed by atoms with E-state index in [0.29, 0.717) is 10.2 Å². The molecule has 0 spiro atoms. The highest BCUT2D eigenvalue weighted by molar-refractivity contribution is 9.10. The highest BCUT2D eigenvalue weighted by Gasteiger charge is 2.07. The van der Waals surface area contributed by atoms with Gasteiger partial charge in [0.05, 0.1) is 4.90 Å². The molecule has 0 fully saturated rings. The molecular weight excluding hydrogens is 266 g/mol. The molecule has 0 saturated heterocycles. The lowest BCUT2D eigenvalue weighted by molar-refractivity contribution is 0.602. The van der Waals surface area contributed by atoms with Crippen molar-refractivity contribution in [1.82, 2.24) is 0 Å². The molecule has 1 rings (SSSR count). The summed E-state index contributed by atoms with van der Waals surface area (Å²) in [6.45, 7) is 4.00. The van der Waals surface area contributed by atoms with E-state index in [0.717, 1.165) is 6.26 Å². The Balaban J connectivity index is 0.000000791. The summed E-state index contributed by atoms with van der Waals surface area (Å²) in [4.78, 5) is 0.267. The number of nitrogen functional groups attached to an aromatic ring is 1. The molecule has 14 heavy (non-hydrogen) atoms. The van der Waals surface area contributed by atoms with Crippen molar-refractivity contribution in [2.75, 3.05) is 12.0 Å². The molecule has 0 amide bonds. The molecule has 0 aliphatic rings. The van der Waals surface area contributed by atoms with Gasteiger partial charge in [0.2, 0.25) is 0 Å². The topological polar surface area (TPSA) is 60.2 Å². The number of nitrogens with two attached hydrogens (primary N) is 1. The van der Waals surface area contributed by atoms with E-state index in [1.54, 1.807) is 6.07 Å². The third kappa shape index (κ3) is 3.67. The highest BCUT2D eigenvalue weighted by Crippen LogP contribution is 2.22. The summed E-state index contributed by atoms with van der Waals surface area (Å²) in [5.41, 5.74) is 6.02. The standard InChI is InChI=1S/C7H8BrNO2S.C2H6/c1-12(10,11)5-2-3-7(9)6(8)4-5;1-2/h2-4H,9H2,1H3;1-2H3. The third-order valence-corrected chi connectivity index (χ3v) is 3.20. The highest BCUT2D eigenvalue weighted by atomic mass is 79.9. The fourth-order valence-corrected chi connectivity index (χ4v) is 1.92. The minimum Gasteiger partial charge on any atom is -0.398 e. The zero-order valence-electron chi connectivity index (χ0n) is 8.41. The molecule has 0 atom stereocenters. The lowest BCUT2D eigenvalue weighted by Gasteiger charge is -2.00. The van der Waals surface area contributed by atoms with Crippen LogP contribution < -0.4 is 5.73 Å². The van der Waals surface area contributed by atoms with Crippen LogP contribution in [0.25, 0.3) is 0 Å². The smallest absolute Gasteiger partial charge is 0.175 e. The van der Waals surface area contributed by atoms with Gasteiger partial charge in [-0.3, -0.25) is 0 Å². The average molecular weight is 280 g/mol. The van der Waals surface area contributed by atoms with Crippen LogP contribution in [0.3, 0.4) is 0 Å². The Morgan fingerprint density at radius 1 is 1.29 bits per heavy atom. The van der Waals surface area contributed by atoms with E-state index in [9.17, 15) is 8.42 Å². The number of hydrogen-bond donors (Lipinski definition) is 1. The Morgan fingerprint density at radius 2 is 1.79 bits per heavy atom. The minimum absolute atomic E-state index is 0.267. The van der Waals surface area contributed by atoms with E-state index in [4.69, 9.17) is 5.73 Å². The Kier molecular flexibility index (Phi) is 5.15. The second kappa shape index (κ2) is 5.36. The molecule has 0 aromatic heterocycles. The van der Waals surface area contributed by atoms with Crippen LogP contribution in [0.15, 0.2) is 27.6 Å². The van der Waals surface area contributed by atoms with Crippen molar-refractivity contribution in [1.29, 1.82) is 0 Å². The van der Waals surface area contributed by atoms with Gasteiger partial charge in [0.1, 0.15) is 0 Å². The summed E-state index contributed by atoms with van der Waals surface area (Å²) in [7, 11) is -3.13. The molecule has 1 aromatic rings. The molecule has 0 unspecified atom stereocenters. The quantitative estimate of drug-likeness (QED) is 0.804. The fraction of sp³-hybridized carbons (Fsp3) is 0.333. The first-order valence-corrected chi connectivity index (χ1v) is 6.85. The second-order valence-corrected chi connectivity index (χ2v) is 5.33. The third-order valence-electron chi connectivity index (χ3n) is 1.40. The second-order valence-electron chi connectivity index (χ2n) is 2.46. The molecule has 0 aliphatic heterocycles. The van der Waals surface area contributed by atoms with E-state index in [1.807, 2.05) is 13.8 Å². The van der Waals surface area contributed by atoms with Gasteiger partial charge in [-0.2, -0.15) is 0 Å². The van der Waals surface area contributed by atoms with E-state index >= 15 is 0 Å². The Bertz CT molecular complexity index is 401. The molecule has 0 heterocycles. The molecule has 80 valence electrons. The Hall–Kier alpha value is -0.550. The van der Waals surface area contributed by atoms with Gasteiger partial charge in [-0.15, -0.1) is 0 Å². The monoisotopic (exact) mass is 279 g/mol. The molecule has 0 bridgehead atoms. The number of halogens is 1. The number of benzene rings is 1. The number of rotatable bonds is 1. The minimum atomic E-state index is -3.13. The number of anilines is 1. The van der Waals surface area contributed by atoms with E-state index < -0.39 is 9.84 Å². The predicted molar refractivity (Wildman–Crippen MR) is 63.0 cm³/mol. The maximum atomic E-state index is 11.0. The van der Waals surface area contributed by atoms with Crippen molar-refractivity contribution in [3.8, 4) is 0 Å². The van der Waals surface area contributed by atoms with Crippen molar-refractivity contribution in [2.24, 2.45) is 0 Å². The zero-order valence-corrected chi connectivity index (χ0v) is 10.8. The molecule has 0 radical (unpaired) electrons. The van der Waals surface area contributed by atoms with Crippen molar-refractivity contribution < 1.29 is 8.42 Å². The maximum Gasteiger partial charge on any atom is 0.175 e. The van der Waals surface area contributed by atoms with Crippen LogP contribution in [0.4, 0.5) is 5.69 Å². The number of hydrogen-bond acceptors (Lipinski definition) is 3. The molecule has 3 nitrogen and oxygen atoms in total. The Morgan fingerprint density at radius 3 is 2.14 bits per heavy atom. The summed E-state index contributed by atoms with van der Waals surface area (Å²) >= 11 is 3.15. The van der Waals surface area contributed by atoms with Gasteiger partial charge in [-0.05, 0) is 34.1 Å². The van der Waals surface area contributed by atoms with Gasteiger partial charge < -0.3 is 5.73 Å². The number of sulfone groups is 1. The fourth-order valence-electron chi connectivity index (χ4n) is 0.739. The summed E-state index contributed by atoms with van der Waals surface area (Å²) in [6, 6.07) is 4.53. The largest absolute Gasteiger partial charge is 0.398 e. The van der Waals surface area contributed by atoms with E-state index in [1.165, 1.54) is 12.1 Å². The van der Waals surface area contributed by atoms with Crippen LogP contribution in [0, 0.1) is 0 Å². The zero-order chi connectivity index (χ0) is 11.4. The maximum absolute atomic E-state index is 11.0. The van der Waals surface area contributed by atoms with Crippen molar-refractivity contribution in [2.45, 2.75) is 18.7 Å². The van der Waals surface area contributed by atoms with Crippen molar-refractivity contribution >= 4 is 31.5 Å². The van der Waals surface area contributed by atoms with E-state index in [-0.39, 0.29) is 4.90 Å². The van der Waals surface area contributed by atoms with Crippen LogP contribution >= 0.6 is 15.9 Å². The SMILES string of the molecule is CC.CS(=O)(=O)c1ccc(N)c(Br)c1. The van der Waals surface area contributed by atoms with Gasteiger partial charge in [-0.1, -0.05) is 13.8 Å². The summed E-state index contributed by atoms with van der Waals surface area (Å²) < 4.78 is 22.7. The summed E-state index contributed by atoms with van der Waals surface area (Å²) in [6.07, 6.45) is 1.16. The van der Waals surface area contributed by atoms with Gasteiger partial charge >= 0.3 is 0 Å².